The van der Waals surface area contributed by atoms with Crippen molar-refractivity contribution in [2.24, 2.45) is 0 Å². The number of nitrogens with zero attached hydrogens (tertiary/aromatic N) is 3. The molecule has 4 N–H and O–H groups in total. The third-order valence-corrected chi connectivity index (χ3v) is 6.44. The van der Waals surface area contributed by atoms with E-state index in [2.05, 4.69) is 16.7 Å². The fourth-order valence-electron chi connectivity index (χ4n) is 4.40. The quantitative estimate of drug-likeness (QED) is 0.112. The molecular formula is C39H55N7O10. The largest absolute Gasteiger partial charge is 0.491 e. The minimum Gasteiger partial charge on any atom is -0.491 e. The van der Waals surface area contributed by atoms with Crippen LogP contribution in [0, 0.1) is 22.1 Å². The number of alkyl carbamates (subject to hydrolysis) is 2. The van der Waals surface area contributed by atoms with Crippen LogP contribution in [0.25, 0.3) is 11.1 Å². The predicted molar refractivity (Wildman–Crippen MR) is 208 cm³/mol. The summed E-state index contributed by atoms with van der Waals surface area (Å²) in [7, 11) is 0. The minimum absolute atomic E-state index is 0.166. The van der Waals surface area contributed by atoms with Gasteiger partial charge in [-0.05, 0) is 107 Å². The van der Waals surface area contributed by atoms with Gasteiger partial charge in [0.05, 0.1) is 24.7 Å². The molecule has 17 heteroatoms. The lowest BCUT2D eigenvalue weighted by atomic mass is 10.0. The minimum atomic E-state index is -0.937. The molecule has 0 fully saturated rings. The molecule has 0 radical (unpaired) electrons. The highest BCUT2D eigenvalue weighted by atomic mass is 16.6. The Morgan fingerprint density at radius 2 is 1.00 bits per heavy atom. The summed E-state index contributed by atoms with van der Waals surface area (Å²) in [4.78, 5) is 52.8. The lowest BCUT2D eigenvalue weighted by molar-refractivity contribution is 0.0324. The van der Waals surface area contributed by atoms with Crippen molar-refractivity contribution >= 4 is 36.3 Å². The van der Waals surface area contributed by atoms with Crippen LogP contribution in [-0.2, 0) is 18.9 Å². The SMILES string of the molecule is CC(C)(C)OC(=O)NC(=N)N(CCOc1ccccc1-c1cc(C#N)ccc1OCCN(C(=N)NC(=O)OC(C)(C)C)C(=O)OC(C)(C)C)C(=O)OC(C)(C)C. The molecule has 0 aliphatic carbocycles. The molecule has 0 saturated carbocycles. The number of hydrogen-bond acceptors (Lipinski definition) is 13. The van der Waals surface area contributed by atoms with E-state index in [0.717, 1.165) is 9.80 Å². The number of guanidine groups is 2. The average Bonchev–Trinajstić information content (AvgIpc) is 3.01. The van der Waals surface area contributed by atoms with E-state index >= 15 is 0 Å². The number of benzene rings is 2. The summed E-state index contributed by atoms with van der Waals surface area (Å²) in [6.07, 6.45) is -3.68. The Hall–Kier alpha value is -6.05. The summed E-state index contributed by atoms with van der Waals surface area (Å²) >= 11 is 0. The van der Waals surface area contributed by atoms with Gasteiger partial charge in [0, 0.05) is 11.1 Å². The van der Waals surface area contributed by atoms with E-state index in [9.17, 15) is 24.4 Å². The average molecular weight is 782 g/mol. The van der Waals surface area contributed by atoms with Crippen LogP contribution < -0.4 is 20.1 Å². The highest BCUT2D eigenvalue weighted by Crippen LogP contribution is 2.37. The van der Waals surface area contributed by atoms with E-state index in [1.54, 1.807) is 126 Å². The van der Waals surface area contributed by atoms with E-state index in [0.29, 0.717) is 22.4 Å². The number of amides is 4. The van der Waals surface area contributed by atoms with Gasteiger partial charge in [0.25, 0.3) is 0 Å². The molecule has 17 nitrogen and oxygen atoms in total. The molecule has 2 aromatic carbocycles. The van der Waals surface area contributed by atoms with E-state index < -0.39 is 58.7 Å². The van der Waals surface area contributed by atoms with Gasteiger partial charge >= 0.3 is 24.4 Å². The van der Waals surface area contributed by atoms with Crippen molar-refractivity contribution in [2.45, 2.75) is 105 Å². The second-order valence-electron chi connectivity index (χ2n) is 16.2. The number of rotatable bonds is 9. The summed E-state index contributed by atoms with van der Waals surface area (Å²) in [6, 6.07) is 13.6. The molecule has 56 heavy (non-hydrogen) atoms. The molecule has 306 valence electrons. The van der Waals surface area contributed by atoms with E-state index in [-0.39, 0.29) is 32.1 Å². The van der Waals surface area contributed by atoms with E-state index in [4.69, 9.17) is 39.2 Å². The molecule has 0 aromatic heterocycles. The molecular weight excluding hydrogens is 726 g/mol. The number of nitrogens with one attached hydrogen (secondary N) is 4. The highest BCUT2D eigenvalue weighted by Gasteiger charge is 2.30. The standard InChI is InChI=1S/C39H55N7O10/c1-36(2,3)53-32(47)43-30(41)45(34(49)55-38(7,8)9)19-21-51-28-16-14-13-15-26(28)27-23-25(24-40)17-18-29(27)52-22-20-46(35(50)56-39(10,11)12)31(42)44-33(48)54-37(4,5)6/h13-18,23H,19-22H2,1-12H3,(H2,41,43,47)(H2,42,44,48). The Balaban J connectivity index is 2.36. The Morgan fingerprint density at radius 3 is 1.39 bits per heavy atom. The predicted octanol–water partition coefficient (Wildman–Crippen LogP) is 7.38. The van der Waals surface area contributed by atoms with E-state index in [1.165, 1.54) is 0 Å². The number of hydrogen-bond donors (Lipinski definition) is 4. The van der Waals surface area contributed by atoms with Crippen molar-refractivity contribution in [1.29, 1.82) is 16.1 Å². The molecule has 0 atom stereocenters. The molecule has 2 rings (SSSR count). The number of ether oxygens (including phenoxy) is 6. The summed E-state index contributed by atoms with van der Waals surface area (Å²) in [5.74, 6) is -0.570. The van der Waals surface area contributed by atoms with Gasteiger partial charge in [0.2, 0.25) is 11.9 Å². The zero-order chi connectivity index (χ0) is 42.6. The number of para-hydroxylation sites is 1. The fourth-order valence-corrected chi connectivity index (χ4v) is 4.40. The Labute approximate surface area is 328 Å². The van der Waals surface area contributed by atoms with Gasteiger partial charge in [-0.1, -0.05) is 18.2 Å². The summed E-state index contributed by atoms with van der Waals surface area (Å²) < 4.78 is 33.6. The zero-order valence-corrected chi connectivity index (χ0v) is 34.3. The fraction of sp³-hybridized carbons (Fsp3) is 0.513. The van der Waals surface area contributed by atoms with Gasteiger partial charge in [-0.15, -0.1) is 0 Å². The van der Waals surface area contributed by atoms with Gasteiger partial charge in [0.1, 0.15) is 47.1 Å². The molecule has 0 saturated heterocycles. The maximum Gasteiger partial charge on any atom is 0.417 e. The molecule has 4 amide bonds. The number of carbonyl (C=O) groups excluding carboxylic acids is 4. The summed E-state index contributed by atoms with van der Waals surface area (Å²) in [5, 5.41) is 31.1. The van der Waals surface area contributed by atoms with Crippen LogP contribution >= 0.6 is 0 Å². The molecule has 0 spiro atoms. The van der Waals surface area contributed by atoms with Gasteiger partial charge in [-0.25, -0.2) is 29.0 Å². The van der Waals surface area contributed by atoms with Crippen LogP contribution in [-0.4, -0.2) is 94.8 Å². The van der Waals surface area contributed by atoms with Gasteiger partial charge in [0.15, 0.2) is 0 Å². The second-order valence-corrected chi connectivity index (χ2v) is 16.2. The molecule has 0 aliphatic heterocycles. The Morgan fingerprint density at radius 1 is 0.607 bits per heavy atom. The Kier molecular flexibility index (Phi) is 15.6. The zero-order valence-electron chi connectivity index (χ0n) is 34.3. The molecule has 0 heterocycles. The van der Waals surface area contributed by atoms with Crippen LogP contribution in [0.5, 0.6) is 11.5 Å². The summed E-state index contributed by atoms with van der Waals surface area (Å²) in [6.45, 7) is 19.1. The van der Waals surface area contributed by atoms with Gasteiger partial charge < -0.3 is 28.4 Å². The number of carbonyl (C=O) groups is 4. The van der Waals surface area contributed by atoms with Crippen LogP contribution in [0.15, 0.2) is 42.5 Å². The normalized spacial score (nSPS) is 11.6. The van der Waals surface area contributed by atoms with Crippen molar-refractivity contribution < 1.29 is 47.6 Å². The first-order valence-electron chi connectivity index (χ1n) is 17.8. The third kappa shape index (κ3) is 16.5. The van der Waals surface area contributed by atoms with Crippen molar-refractivity contribution in [1.82, 2.24) is 20.4 Å². The first-order valence-corrected chi connectivity index (χ1v) is 17.8. The highest BCUT2D eigenvalue weighted by molar-refractivity contribution is 6.00. The maximum absolute atomic E-state index is 13.1. The molecule has 0 bridgehead atoms. The van der Waals surface area contributed by atoms with Crippen molar-refractivity contribution in [3.05, 3.63) is 48.0 Å². The van der Waals surface area contributed by atoms with Crippen LogP contribution in [0.3, 0.4) is 0 Å². The first kappa shape index (κ1) is 46.1. The van der Waals surface area contributed by atoms with Crippen LogP contribution in [0.1, 0.15) is 88.6 Å². The maximum atomic E-state index is 13.1. The first-order chi connectivity index (χ1) is 25.7. The third-order valence-electron chi connectivity index (χ3n) is 6.44. The molecule has 0 unspecified atom stereocenters. The van der Waals surface area contributed by atoms with Crippen LogP contribution in [0.4, 0.5) is 19.2 Å². The topological polar surface area (TPSA) is 226 Å². The second kappa shape index (κ2) is 19.0. The Bertz CT molecular complexity index is 1790. The lowest BCUT2D eigenvalue weighted by Gasteiger charge is -2.28. The van der Waals surface area contributed by atoms with Gasteiger partial charge in [-0.2, -0.15) is 5.26 Å². The number of nitriles is 1. The van der Waals surface area contributed by atoms with Crippen molar-refractivity contribution in [3.63, 3.8) is 0 Å². The lowest BCUT2D eigenvalue weighted by Crippen LogP contribution is -2.50. The van der Waals surface area contributed by atoms with Crippen LogP contribution in [0.2, 0.25) is 0 Å². The molecule has 2 aromatic rings. The molecule has 0 aliphatic rings. The summed E-state index contributed by atoms with van der Waals surface area (Å²) in [5.41, 5.74) is -2.28. The van der Waals surface area contributed by atoms with Crippen molar-refractivity contribution in [3.8, 4) is 28.7 Å². The van der Waals surface area contributed by atoms with Gasteiger partial charge in [-0.3, -0.25) is 21.5 Å². The monoisotopic (exact) mass is 781 g/mol. The van der Waals surface area contributed by atoms with E-state index in [1.807, 2.05) is 0 Å². The smallest absolute Gasteiger partial charge is 0.417 e. The van der Waals surface area contributed by atoms with Crippen molar-refractivity contribution in [2.75, 3.05) is 26.3 Å².